The smallest absolute Gasteiger partial charge is 0.407 e. The van der Waals surface area contributed by atoms with Crippen LogP contribution in [0.1, 0.15) is 47.1 Å². The highest BCUT2D eigenvalue weighted by atomic mass is 28.4. The lowest BCUT2D eigenvalue weighted by atomic mass is 10.2. The molecule has 0 aliphatic rings. The minimum Gasteiger partial charge on any atom is -0.444 e. The Morgan fingerprint density at radius 3 is 2.25 bits per heavy atom. The third-order valence-corrected chi connectivity index (χ3v) is 10.3. The van der Waals surface area contributed by atoms with E-state index in [-0.39, 0.29) is 23.8 Å². The number of carbonyl (C=O) groups excluding carboxylic acids is 2. The van der Waals surface area contributed by atoms with Crippen LogP contribution in [0.5, 0.6) is 0 Å². The van der Waals surface area contributed by atoms with Gasteiger partial charge in [-0.1, -0.05) is 20.8 Å². The van der Waals surface area contributed by atoms with Gasteiger partial charge in [-0.15, -0.1) is 0 Å². The number of hydrogen-bond donors (Lipinski definition) is 2. The number of H-pyrrole nitrogens is 1. The van der Waals surface area contributed by atoms with Gasteiger partial charge in [0.25, 0.3) is 11.5 Å². The van der Waals surface area contributed by atoms with E-state index in [1.807, 2.05) is 39.2 Å². The molecule has 1 rings (SSSR count). The molecule has 0 atom stereocenters. The number of hydrogen-bond acceptors (Lipinski definition) is 6. The molecule has 10 nitrogen and oxygen atoms in total. The molecule has 0 unspecified atom stereocenters. The number of nitrogens with one attached hydrogen (secondary N) is 2. The average molecular weight is 535 g/mol. The number of rotatable bonds is 10. The summed E-state index contributed by atoms with van der Waals surface area (Å²) in [7, 11) is -2.21. The fourth-order valence-electron chi connectivity index (χ4n) is 2.75. The van der Waals surface area contributed by atoms with Gasteiger partial charge in [-0.05, 0) is 45.8 Å². The summed E-state index contributed by atoms with van der Waals surface area (Å²) in [6, 6.07) is 0. The molecule has 1 heterocycles. The van der Waals surface area contributed by atoms with E-state index in [0.717, 1.165) is 9.47 Å². The first kappa shape index (κ1) is 31.5. The molecule has 2 N–H and O–H groups in total. The SMILES string of the molecule is Cc1cn(CC(=O)N(CCO[Si](C)(C)C(C)(C)C)CC(F)(F)CNC(=O)OC(C)(C)C)c(=O)[nH]c1=O. The van der Waals surface area contributed by atoms with E-state index >= 15 is 0 Å². The number of halogens is 2. The molecular formula is C23H40F2N4O6Si. The predicted molar refractivity (Wildman–Crippen MR) is 135 cm³/mol. The van der Waals surface area contributed by atoms with Gasteiger partial charge < -0.3 is 19.4 Å². The fourth-order valence-corrected chi connectivity index (χ4v) is 3.79. The maximum Gasteiger partial charge on any atom is 0.407 e. The zero-order valence-corrected chi connectivity index (χ0v) is 23.7. The Bertz CT molecular complexity index is 1040. The normalized spacial score (nSPS) is 12.9. The third kappa shape index (κ3) is 10.2. The molecule has 0 saturated carbocycles. The van der Waals surface area contributed by atoms with E-state index in [1.165, 1.54) is 13.1 Å². The van der Waals surface area contributed by atoms with Crippen LogP contribution >= 0.6 is 0 Å². The molecule has 206 valence electrons. The van der Waals surface area contributed by atoms with Crippen LogP contribution in [0, 0.1) is 6.92 Å². The predicted octanol–water partition coefficient (Wildman–Crippen LogP) is 2.86. The monoisotopic (exact) mass is 534 g/mol. The van der Waals surface area contributed by atoms with Gasteiger partial charge in [0.15, 0.2) is 8.32 Å². The molecular weight excluding hydrogens is 494 g/mol. The second-order valence-electron chi connectivity index (χ2n) is 11.3. The minimum atomic E-state index is -3.49. The number of aryl methyl sites for hydroxylation is 1. The first-order valence-electron chi connectivity index (χ1n) is 11.7. The molecule has 0 aliphatic carbocycles. The van der Waals surface area contributed by atoms with Gasteiger partial charge in [0.05, 0.1) is 19.7 Å². The average Bonchev–Trinajstić information content (AvgIpc) is 2.67. The first-order chi connectivity index (χ1) is 16.1. The number of aromatic amines is 1. The van der Waals surface area contributed by atoms with Crippen LogP contribution in [0.2, 0.25) is 18.1 Å². The van der Waals surface area contributed by atoms with E-state index in [0.29, 0.717) is 0 Å². The highest BCUT2D eigenvalue weighted by Crippen LogP contribution is 2.36. The van der Waals surface area contributed by atoms with Crippen molar-refractivity contribution >= 4 is 20.3 Å². The van der Waals surface area contributed by atoms with E-state index in [4.69, 9.17) is 9.16 Å². The van der Waals surface area contributed by atoms with Crippen LogP contribution in [0.25, 0.3) is 0 Å². The van der Waals surface area contributed by atoms with Crippen molar-refractivity contribution in [1.82, 2.24) is 19.8 Å². The Morgan fingerprint density at radius 2 is 1.72 bits per heavy atom. The molecule has 1 aromatic heterocycles. The van der Waals surface area contributed by atoms with Crippen molar-refractivity contribution in [2.45, 2.75) is 84.7 Å². The number of alkyl halides is 2. The highest BCUT2D eigenvalue weighted by molar-refractivity contribution is 6.74. The van der Waals surface area contributed by atoms with Crippen LogP contribution in [0.15, 0.2) is 15.8 Å². The largest absolute Gasteiger partial charge is 0.444 e. The molecule has 13 heteroatoms. The van der Waals surface area contributed by atoms with Crippen molar-refractivity contribution in [1.29, 1.82) is 0 Å². The molecule has 0 fully saturated rings. The van der Waals surface area contributed by atoms with Gasteiger partial charge in [0, 0.05) is 18.3 Å². The summed E-state index contributed by atoms with van der Waals surface area (Å²) in [4.78, 5) is 51.5. The molecule has 36 heavy (non-hydrogen) atoms. The van der Waals surface area contributed by atoms with Crippen molar-refractivity contribution in [2.24, 2.45) is 0 Å². The lowest BCUT2D eigenvalue weighted by Crippen LogP contribution is -2.50. The Labute approximate surface area is 211 Å². The molecule has 2 amide bonds. The number of carbonyl (C=O) groups is 2. The van der Waals surface area contributed by atoms with Gasteiger partial charge in [-0.25, -0.2) is 18.4 Å². The lowest BCUT2D eigenvalue weighted by molar-refractivity contribution is -0.137. The summed E-state index contributed by atoms with van der Waals surface area (Å²) in [5.41, 5.74) is -2.08. The number of amides is 2. The van der Waals surface area contributed by atoms with Crippen LogP contribution < -0.4 is 16.6 Å². The standard InChI is InChI=1S/C23H40F2N4O6Si/c1-16-12-29(19(32)27-18(16)31)13-17(30)28(10-11-34-36(8,9)22(5,6)7)15-23(24,25)14-26-20(33)35-21(2,3)4/h12H,10-11,13-15H2,1-9H3,(H,26,33)(H,27,31,32). The first-order valence-corrected chi connectivity index (χ1v) is 14.6. The number of ether oxygens (including phenoxy) is 1. The van der Waals surface area contributed by atoms with Gasteiger partial charge in [-0.2, -0.15) is 0 Å². The van der Waals surface area contributed by atoms with Crippen LogP contribution in [-0.4, -0.2) is 72.5 Å². The lowest BCUT2D eigenvalue weighted by Gasteiger charge is -2.37. The van der Waals surface area contributed by atoms with Crippen LogP contribution in [0.4, 0.5) is 13.6 Å². The van der Waals surface area contributed by atoms with E-state index in [9.17, 15) is 28.0 Å². The van der Waals surface area contributed by atoms with Gasteiger partial charge in [0.2, 0.25) is 5.91 Å². The Kier molecular flexibility index (Phi) is 10.2. The Morgan fingerprint density at radius 1 is 1.14 bits per heavy atom. The third-order valence-electron chi connectivity index (χ3n) is 5.79. The van der Waals surface area contributed by atoms with Crippen LogP contribution in [0.3, 0.4) is 0 Å². The topological polar surface area (TPSA) is 123 Å². The van der Waals surface area contributed by atoms with Crippen molar-refractivity contribution in [3.8, 4) is 0 Å². The summed E-state index contributed by atoms with van der Waals surface area (Å²) in [6.07, 6.45) is 0.197. The van der Waals surface area contributed by atoms with E-state index in [2.05, 4.69) is 4.98 Å². The molecule has 0 radical (unpaired) electrons. The summed E-state index contributed by atoms with van der Waals surface area (Å²) in [5, 5.41) is 1.91. The zero-order valence-electron chi connectivity index (χ0n) is 22.7. The zero-order chi connectivity index (χ0) is 28.1. The quantitative estimate of drug-likeness (QED) is 0.445. The molecule has 1 aromatic rings. The summed E-state index contributed by atoms with van der Waals surface area (Å²) in [5.74, 6) is -4.26. The van der Waals surface area contributed by atoms with E-state index in [1.54, 1.807) is 20.8 Å². The molecule has 0 aromatic carbocycles. The summed E-state index contributed by atoms with van der Waals surface area (Å²) < 4.78 is 41.6. The van der Waals surface area contributed by atoms with Crippen LogP contribution in [-0.2, 0) is 20.5 Å². The molecule has 0 saturated heterocycles. The Hall–Kier alpha value is -2.54. The second kappa shape index (κ2) is 11.7. The van der Waals surface area contributed by atoms with Gasteiger partial charge in [-0.3, -0.25) is 19.1 Å². The highest BCUT2D eigenvalue weighted by Gasteiger charge is 2.38. The molecule has 0 aliphatic heterocycles. The summed E-state index contributed by atoms with van der Waals surface area (Å²) in [6.45, 7) is 13.6. The van der Waals surface area contributed by atoms with Crippen molar-refractivity contribution < 1.29 is 27.5 Å². The minimum absolute atomic E-state index is 0.0252. The van der Waals surface area contributed by atoms with Crippen molar-refractivity contribution in [3.05, 3.63) is 32.6 Å². The van der Waals surface area contributed by atoms with Gasteiger partial charge >= 0.3 is 11.8 Å². The van der Waals surface area contributed by atoms with Gasteiger partial charge in [0.1, 0.15) is 12.1 Å². The fraction of sp³-hybridized carbons (Fsp3) is 0.739. The Balaban J connectivity index is 3.03. The summed E-state index contributed by atoms with van der Waals surface area (Å²) >= 11 is 0. The van der Waals surface area contributed by atoms with Crippen molar-refractivity contribution in [3.63, 3.8) is 0 Å². The number of alkyl carbamates (subject to hydrolysis) is 1. The number of nitrogens with zero attached hydrogens (tertiary/aromatic N) is 2. The molecule has 0 bridgehead atoms. The maximum atomic E-state index is 14.8. The second-order valence-corrected chi connectivity index (χ2v) is 16.1. The van der Waals surface area contributed by atoms with E-state index < -0.39 is 62.7 Å². The maximum absolute atomic E-state index is 14.8. The molecule has 0 spiro atoms. The number of aromatic nitrogens is 2. The van der Waals surface area contributed by atoms with Crippen molar-refractivity contribution in [2.75, 3.05) is 26.2 Å².